The standard InChI is InChI=1S/C6H4N4O2S/c7-4-3(9-12)5(11)8-6-10(4)1-2-13-6/h1-2H,7H2. The Morgan fingerprint density at radius 3 is 3.08 bits per heavy atom. The Kier molecular flexibility index (Phi) is 1.59. The zero-order valence-corrected chi connectivity index (χ0v) is 7.11. The smallest absolute Gasteiger partial charge is 0.305 e. The maximum Gasteiger partial charge on any atom is 0.305 e. The summed E-state index contributed by atoms with van der Waals surface area (Å²) < 4.78 is 1.45. The van der Waals surface area contributed by atoms with E-state index in [0.29, 0.717) is 4.96 Å². The summed E-state index contributed by atoms with van der Waals surface area (Å²) in [6.45, 7) is 0. The fraction of sp³-hybridized carbons (Fsp3) is 0. The highest BCUT2D eigenvalue weighted by atomic mass is 32.1. The molecule has 0 bridgehead atoms. The zero-order valence-electron chi connectivity index (χ0n) is 6.30. The molecule has 0 spiro atoms. The summed E-state index contributed by atoms with van der Waals surface area (Å²) in [6.07, 6.45) is 1.62. The van der Waals surface area contributed by atoms with E-state index >= 15 is 0 Å². The van der Waals surface area contributed by atoms with Gasteiger partial charge in [-0.1, -0.05) is 0 Å². The first-order valence-corrected chi connectivity index (χ1v) is 4.20. The van der Waals surface area contributed by atoms with Crippen molar-refractivity contribution < 1.29 is 0 Å². The second kappa shape index (κ2) is 2.63. The number of fused-ring (bicyclic) bond motifs is 1. The van der Waals surface area contributed by atoms with Crippen LogP contribution in [0.4, 0.5) is 11.5 Å². The number of hydrogen-bond acceptors (Lipinski definition) is 6. The first-order chi connectivity index (χ1) is 6.24. The molecule has 0 fully saturated rings. The molecule has 0 saturated heterocycles. The van der Waals surface area contributed by atoms with Gasteiger partial charge in [0.15, 0.2) is 4.96 Å². The first kappa shape index (κ1) is 7.87. The van der Waals surface area contributed by atoms with Crippen LogP contribution in [0.15, 0.2) is 21.5 Å². The predicted molar refractivity (Wildman–Crippen MR) is 49.2 cm³/mol. The molecule has 2 heterocycles. The van der Waals surface area contributed by atoms with Gasteiger partial charge in [-0.15, -0.1) is 16.2 Å². The van der Waals surface area contributed by atoms with E-state index in [1.807, 2.05) is 0 Å². The second-order valence-electron chi connectivity index (χ2n) is 2.30. The highest BCUT2D eigenvalue weighted by Crippen LogP contribution is 2.19. The summed E-state index contributed by atoms with van der Waals surface area (Å²) in [6, 6.07) is 0. The van der Waals surface area contributed by atoms with Gasteiger partial charge in [0.1, 0.15) is 5.82 Å². The van der Waals surface area contributed by atoms with Crippen molar-refractivity contribution in [3.05, 3.63) is 26.8 Å². The number of hydrogen-bond donors (Lipinski definition) is 1. The van der Waals surface area contributed by atoms with Crippen LogP contribution in [-0.2, 0) is 0 Å². The van der Waals surface area contributed by atoms with Gasteiger partial charge in [0.05, 0.1) is 0 Å². The number of nitrogens with zero attached hydrogens (tertiary/aromatic N) is 3. The third-order valence-electron chi connectivity index (χ3n) is 1.58. The average Bonchev–Trinajstić information content (AvgIpc) is 2.53. The van der Waals surface area contributed by atoms with Gasteiger partial charge >= 0.3 is 5.56 Å². The number of thiazole rings is 1. The Hall–Kier alpha value is -1.76. The molecule has 2 N–H and O–H groups in total. The SMILES string of the molecule is Nc1c(N=O)c(=O)nc2sccn12. The van der Waals surface area contributed by atoms with Gasteiger partial charge in [-0.05, 0) is 5.18 Å². The Morgan fingerprint density at radius 2 is 2.38 bits per heavy atom. The number of nitrogens with two attached hydrogens (primary N) is 1. The van der Waals surface area contributed by atoms with Crippen LogP contribution in [0, 0.1) is 4.91 Å². The summed E-state index contributed by atoms with van der Waals surface area (Å²) in [7, 11) is 0. The van der Waals surface area contributed by atoms with E-state index in [4.69, 9.17) is 5.73 Å². The van der Waals surface area contributed by atoms with Crippen molar-refractivity contribution in [1.29, 1.82) is 0 Å². The van der Waals surface area contributed by atoms with Gasteiger partial charge in [0.25, 0.3) is 0 Å². The fourth-order valence-corrected chi connectivity index (χ4v) is 1.70. The number of aromatic nitrogens is 2. The third-order valence-corrected chi connectivity index (χ3v) is 2.34. The number of rotatable bonds is 1. The minimum absolute atomic E-state index is 0.0336. The molecule has 0 unspecified atom stereocenters. The molecule has 0 aromatic carbocycles. The summed E-state index contributed by atoms with van der Waals surface area (Å²) >= 11 is 1.26. The van der Waals surface area contributed by atoms with Crippen molar-refractivity contribution in [2.24, 2.45) is 5.18 Å². The van der Waals surface area contributed by atoms with Crippen LogP contribution in [0.25, 0.3) is 4.96 Å². The molecule has 0 aliphatic heterocycles. The quantitative estimate of drug-likeness (QED) is 0.681. The van der Waals surface area contributed by atoms with Crippen LogP contribution in [0.5, 0.6) is 0 Å². The Balaban J connectivity index is 3.01. The summed E-state index contributed by atoms with van der Waals surface area (Å²) in [5.74, 6) is 0.0336. The molecular formula is C6H4N4O2S. The van der Waals surface area contributed by atoms with Crippen LogP contribution in [0.2, 0.25) is 0 Å². The molecule has 2 aromatic rings. The van der Waals surface area contributed by atoms with Crippen LogP contribution >= 0.6 is 11.3 Å². The molecule has 2 aromatic heterocycles. The van der Waals surface area contributed by atoms with Gasteiger partial charge in [-0.25, -0.2) is 0 Å². The number of anilines is 1. The Morgan fingerprint density at radius 1 is 1.62 bits per heavy atom. The molecular weight excluding hydrogens is 192 g/mol. The van der Waals surface area contributed by atoms with Crippen molar-refractivity contribution in [3.8, 4) is 0 Å². The van der Waals surface area contributed by atoms with Gasteiger partial charge < -0.3 is 5.73 Å². The molecule has 0 aliphatic carbocycles. The normalized spacial score (nSPS) is 10.5. The predicted octanol–water partition coefficient (Wildman–Crippen LogP) is 0.736. The molecule has 0 atom stereocenters. The minimum atomic E-state index is -0.685. The van der Waals surface area contributed by atoms with E-state index in [0.717, 1.165) is 0 Å². The van der Waals surface area contributed by atoms with E-state index in [-0.39, 0.29) is 11.5 Å². The van der Waals surface area contributed by atoms with Gasteiger partial charge in [-0.2, -0.15) is 4.98 Å². The lowest BCUT2D eigenvalue weighted by molar-refractivity contribution is 1.11. The molecule has 13 heavy (non-hydrogen) atoms. The van der Waals surface area contributed by atoms with E-state index in [1.54, 1.807) is 11.6 Å². The largest absolute Gasteiger partial charge is 0.383 e. The number of nitroso groups, excluding NO2 is 1. The van der Waals surface area contributed by atoms with Crippen molar-refractivity contribution in [2.75, 3.05) is 5.73 Å². The third kappa shape index (κ3) is 1.01. The molecule has 66 valence electrons. The van der Waals surface area contributed by atoms with Gasteiger partial charge in [-0.3, -0.25) is 9.20 Å². The van der Waals surface area contributed by atoms with Crippen LogP contribution < -0.4 is 11.3 Å². The molecule has 0 radical (unpaired) electrons. The fourth-order valence-electron chi connectivity index (χ4n) is 0.986. The van der Waals surface area contributed by atoms with E-state index < -0.39 is 5.56 Å². The molecule has 0 amide bonds. The minimum Gasteiger partial charge on any atom is -0.383 e. The lowest BCUT2D eigenvalue weighted by Crippen LogP contribution is -2.11. The van der Waals surface area contributed by atoms with Crippen LogP contribution in [0.1, 0.15) is 0 Å². The van der Waals surface area contributed by atoms with E-state index in [9.17, 15) is 9.70 Å². The average molecular weight is 196 g/mol. The lowest BCUT2D eigenvalue weighted by atomic mass is 10.5. The molecule has 0 aliphatic rings. The van der Waals surface area contributed by atoms with Crippen molar-refractivity contribution >= 4 is 27.8 Å². The van der Waals surface area contributed by atoms with Crippen molar-refractivity contribution in [1.82, 2.24) is 9.38 Å². The highest BCUT2D eigenvalue weighted by molar-refractivity contribution is 7.15. The summed E-state index contributed by atoms with van der Waals surface area (Å²) in [5, 5.41) is 4.25. The Labute approximate surface area is 75.6 Å². The lowest BCUT2D eigenvalue weighted by Gasteiger charge is -1.98. The molecule has 6 nitrogen and oxygen atoms in total. The zero-order chi connectivity index (χ0) is 9.42. The van der Waals surface area contributed by atoms with E-state index in [2.05, 4.69) is 10.2 Å². The van der Waals surface area contributed by atoms with E-state index in [1.165, 1.54) is 15.7 Å². The van der Waals surface area contributed by atoms with Crippen LogP contribution in [-0.4, -0.2) is 9.38 Å². The maximum absolute atomic E-state index is 11.1. The first-order valence-electron chi connectivity index (χ1n) is 3.32. The van der Waals surface area contributed by atoms with Crippen molar-refractivity contribution in [2.45, 2.75) is 0 Å². The second-order valence-corrected chi connectivity index (χ2v) is 3.17. The monoisotopic (exact) mass is 196 g/mol. The van der Waals surface area contributed by atoms with Gasteiger partial charge in [0.2, 0.25) is 5.69 Å². The van der Waals surface area contributed by atoms with Crippen molar-refractivity contribution in [3.63, 3.8) is 0 Å². The summed E-state index contributed by atoms with van der Waals surface area (Å²) in [5.41, 5.74) is 4.49. The van der Waals surface area contributed by atoms with Crippen LogP contribution in [0.3, 0.4) is 0 Å². The molecule has 0 saturated carbocycles. The summed E-state index contributed by atoms with van der Waals surface area (Å²) in [4.78, 5) is 25.4. The van der Waals surface area contributed by atoms with Gasteiger partial charge in [0, 0.05) is 11.6 Å². The highest BCUT2D eigenvalue weighted by Gasteiger charge is 2.10. The topological polar surface area (TPSA) is 89.8 Å². The molecule has 7 heteroatoms. The number of nitrogen functional groups attached to an aromatic ring is 1. The Bertz CT molecular complexity index is 529. The molecule has 2 rings (SSSR count). The maximum atomic E-state index is 11.1.